The molecule has 0 aliphatic carbocycles. The van der Waals surface area contributed by atoms with Crippen molar-refractivity contribution in [3.63, 3.8) is 0 Å². The van der Waals surface area contributed by atoms with Crippen molar-refractivity contribution in [3.05, 3.63) is 11.4 Å². The van der Waals surface area contributed by atoms with E-state index < -0.39 is 10.0 Å². The predicted molar refractivity (Wildman–Crippen MR) is 68.8 cm³/mol. The smallest absolute Gasteiger partial charge is 0.244 e. The Hall–Kier alpha value is -0.920. The van der Waals surface area contributed by atoms with Gasteiger partial charge in [0.2, 0.25) is 10.0 Å². The molecule has 1 atom stereocenters. The maximum atomic E-state index is 12.3. The zero-order valence-corrected chi connectivity index (χ0v) is 12.1. The predicted octanol–water partition coefficient (Wildman–Crippen LogP) is 0.476. The number of hydrogen-bond acceptors (Lipinski definition) is 4. The highest BCUT2D eigenvalue weighted by Gasteiger charge is 2.25. The SMILES string of the molecule is CCC(CCO)NS(=O)(=O)c1c(C)nn(C)c1C. The molecule has 0 saturated heterocycles. The number of nitrogens with zero attached hydrogens (tertiary/aromatic N) is 2. The number of rotatable bonds is 6. The summed E-state index contributed by atoms with van der Waals surface area (Å²) in [6.45, 7) is 5.24. The number of aryl methyl sites for hydroxylation is 2. The minimum atomic E-state index is -3.58. The van der Waals surface area contributed by atoms with Crippen molar-refractivity contribution in [2.45, 2.75) is 44.6 Å². The van der Waals surface area contributed by atoms with Crippen LogP contribution in [0.1, 0.15) is 31.2 Å². The van der Waals surface area contributed by atoms with Crippen molar-refractivity contribution in [3.8, 4) is 0 Å². The zero-order valence-electron chi connectivity index (χ0n) is 11.3. The van der Waals surface area contributed by atoms with Crippen molar-refractivity contribution >= 4 is 10.0 Å². The fourth-order valence-corrected chi connectivity index (χ4v) is 3.72. The second-order valence-electron chi connectivity index (χ2n) is 4.36. The molecule has 7 heteroatoms. The second kappa shape index (κ2) is 5.81. The molecule has 0 spiro atoms. The lowest BCUT2D eigenvalue weighted by molar-refractivity contribution is 0.270. The third-order valence-corrected chi connectivity index (χ3v) is 4.78. The Bertz CT molecular complexity index is 508. The number of aromatic nitrogens is 2. The monoisotopic (exact) mass is 275 g/mol. The number of sulfonamides is 1. The average molecular weight is 275 g/mol. The fourth-order valence-electron chi connectivity index (χ4n) is 1.92. The van der Waals surface area contributed by atoms with Crippen LogP contribution in [0, 0.1) is 13.8 Å². The minimum Gasteiger partial charge on any atom is -0.396 e. The first-order valence-electron chi connectivity index (χ1n) is 5.96. The number of nitrogens with one attached hydrogen (secondary N) is 1. The third-order valence-electron chi connectivity index (χ3n) is 3.00. The molecule has 0 radical (unpaired) electrons. The summed E-state index contributed by atoms with van der Waals surface area (Å²) in [6.07, 6.45) is 1.05. The number of hydrogen-bond donors (Lipinski definition) is 2. The van der Waals surface area contributed by atoms with Gasteiger partial charge in [-0.05, 0) is 26.7 Å². The van der Waals surface area contributed by atoms with Crippen molar-refractivity contribution in [2.75, 3.05) is 6.61 Å². The normalized spacial score (nSPS) is 13.8. The Balaban J connectivity index is 3.06. The molecule has 0 saturated carbocycles. The van der Waals surface area contributed by atoms with Gasteiger partial charge in [-0.15, -0.1) is 0 Å². The first kappa shape index (κ1) is 15.1. The Morgan fingerprint density at radius 3 is 2.44 bits per heavy atom. The zero-order chi connectivity index (χ0) is 13.9. The van der Waals surface area contributed by atoms with E-state index >= 15 is 0 Å². The second-order valence-corrected chi connectivity index (χ2v) is 6.01. The van der Waals surface area contributed by atoms with Gasteiger partial charge in [-0.2, -0.15) is 5.10 Å². The van der Waals surface area contributed by atoms with Gasteiger partial charge in [-0.25, -0.2) is 13.1 Å². The Kier molecular flexibility index (Phi) is 4.89. The van der Waals surface area contributed by atoms with Crippen LogP contribution in [-0.4, -0.2) is 36.0 Å². The van der Waals surface area contributed by atoms with E-state index in [1.165, 1.54) is 0 Å². The van der Waals surface area contributed by atoms with E-state index in [1.54, 1.807) is 25.6 Å². The van der Waals surface area contributed by atoms with Gasteiger partial charge >= 0.3 is 0 Å². The molecule has 1 unspecified atom stereocenters. The van der Waals surface area contributed by atoms with E-state index in [2.05, 4.69) is 9.82 Å². The van der Waals surface area contributed by atoms with Crippen LogP contribution in [0.25, 0.3) is 0 Å². The first-order valence-corrected chi connectivity index (χ1v) is 7.45. The molecule has 0 aliphatic rings. The molecule has 6 nitrogen and oxygen atoms in total. The molecule has 0 aromatic carbocycles. The van der Waals surface area contributed by atoms with Gasteiger partial charge in [0.05, 0.1) is 11.4 Å². The summed E-state index contributed by atoms with van der Waals surface area (Å²) in [5, 5.41) is 13.0. The van der Waals surface area contributed by atoms with Crippen molar-refractivity contribution < 1.29 is 13.5 Å². The molecular formula is C11H21N3O3S. The quantitative estimate of drug-likeness (QED) is 0.790. The van der Waals surface area contributed by atoms with E-state index in [-0.39, 0.29) is 17.5 Å². The summed E-state index contributed by atoms with van der Waals surface area (Å²) in [6, 6.07) is -0.251. The summed E-state index contributed by atoms with van der Waals surface area (Å²) in [5.41, 5.74) is 1.10. The molecule has 1 heterocycles. The van der Waals surface area contributed by atoms with Gasteiger partial charge in [-0.3, -0.25) is 4.68 Å². The molecule has 2 N–H and O–H groups in total. The van der Waals surface area contributed by atoms with E-state index in [1.807, 2.05) is 6.92 Å². The van der Waals surface area contributed by atoms with Gasteiger partial charge in [0, 0.05) is 19.7 Å². The maximum Gasteiger partial charge on any atom is 0.244 e. The van der Waals surface area contributed by atoms with Crippen LogP contribution in [0.15, 0.2) is 4.90 Å². The maximum absolute atomic E-state index is 12.3. The largest absolute Gasteiger partial charge is 0.396 e. The third kappa shape index (κ3) is 3.09. The summed E-state index contributed by atoms with van der Waals surface area (Å²) >= 11 is 0. The summed E-state index contributed by atoms with van der Waals surface area (Å²) < 4.78 is 28.7. The number of aliphatic hydroxyl groups excluding tert-OH is 1. The highest BCUT2D eigenvalue weighted by atomic mass is 32.2. The lowest BCUT2D eigenvalue weighted by Gasteiger charge is -2.16. The fraction of sp³-hybridized carbons (Fsp3) is 0.727. The lowest BCUT2D eigenvalue weighted by Crippen LogP contribution is -2.35. The Morgan fingerprint density at radius 1 is 1.44 bits per heavy atom. The van der Waals surface area contributed by atoms with Crippen LogP contribution < -0.4 is 4.72 Å². The van der Waals surface area contributed by atoms with Crippen molar-refractivity contribution in [2.24, 2.45) is 7.05 Å². The summed E-state index contributed by atoms with van der Waals surface area (Å²) in [5.74, 6) is 0. The van der Waals surface area contributed by atoms with Gasteiger partial charge < -0.3 is 5.11 Å². The average Bonchev–Trinajstić information content (AvgIpc) is 2.52. The van der Waals surface area contributed by atoms with E-state index in [9.17, 15) is 8.42 Å². The van der Waals surface area contributed by atoms with Gasteiger partial charge in [-0.1, -0.05) is 6.92 Å². The number of aliphatic hydroxyl groups is 1. The Morgan fingerprint density at radius 2 is 2.06 bits per heavy atom. The van der Waals surface area contributed by atoms with Crippen molar-refractivity contribution in [1.82, 2.24) is 14.5 Å². The lowest BCUT2D eigenvalue weighted by atomic mass is 10.2. The molecule has 104 valence electrons. The highest BCUT2D eigenvalue weighted by Crippen LogP contribution is 2.19. The van der Waals surface area contributed by atoms with E-state index in [0.29, 0.717) is 24.2 Å². The molecule has 1 aromatic rings. The van der Waals surface area contributed by atoms with Crippen LogP contribution in [0.4, 0.5) is 0 Å². The van der Waals surface area contributed by atoms with E-state index in [4.69, 9.17) is 5.11 Å². The molecule has 1 rings (SSSR count). The first-order chi connectivity index (χ1) is 8.33. The Labute approximate surface area is 108 Å². The minimum absolute atomic E-state index is 0.0357. The van der Waals surface area contributed by atoms with Crippen LogP contribution in [0.2, 0.25) is 0 Å². The molecule has 0 bridgehead atoms. The van der Waals surface area contributed by atoms with Crippen LogP contribution >= 0.6 is 0 Å². The van der Waals surface area contributed by atoms with Crippen LogP contribution in [0.3, 0.4) is 0 Å². The summed E-state index contributed by atoms with van der Waals surface area (Å²) in [4.78, 5) is 0.237. The standard InChI is InChI=1S/C11H21N3O3S/c1-5-10(6-7-15)13-18(16,17)11-8(2)12-14(4)9(11)3/h10,13,15H,5-7H2,1-4H3. The highest BCUT2D eigenvalue weighted by molar-refractivity contribution is 7.89. The van der Waals surface area contributed by atoms with E-state index in [0.717, 1.165) is 0 Å². The molecule has 1 aromatic heterocycles. The summed E-state index contributed by atoms with van der Waals surface area (Å²) in [7, 11) is -1.86. The van der Waals surface area contributed by atoms with Crippen LogP contribution in [0.5, 0.6) is 0 Å². The topological polar surface area (TPSA) is 84.2 Å². The molecule has 0 amide bonds. The van der Waals surface area contributed by atoms with Crippen molar-refractivity contribution in [1.29, 1.82) is 0 Å². The van der Waals surface area contributed by atoms with Gasteiger partial charge in [0.15, 0.2) is 0 Å². The van der Waals surface area contributed by atoms with Crippen LogP contribution in [-0.2, 0) is 17.1 Å². The van der Waals surface area contributed by atoms with Gasteiger partial charge in [0.1, 0.15) is 4.90 Å². The molecular weight excluding hydrogens is 254 g/mol. The molecule has 0 aliphatic heterocycles. The molecule has 18 heavy (non-hydrogen) atoms. The van der Waals surface area contributed by atoms with Gasteiger partial charge in [0.25, 0.3) is 0 Å². The molecule has 0 fully saturated rings.